The lowest BCUT2D eigenvalue weighted by Crippen LogP contribution is -2.27. The lowest BCUT2D eigenvalue weighted by molar-refractivity contribution is 0.375. The van der Waals surface area contributed by atoms with Crippen LogP contribution in [-0.2, 0) is 26.4 Å². The lowest BCUT2D eigenvalue weighted by atomic mass is 9.91. The Morgan fingerprint density at radius 3 is 2.65 bits per heavy atom. The third-order valence-corrected chi connectivity index (χ3v) is 4.24. The molecule has 0 N–H and O–H groups in total. The van der Waals surface area contributed by atoms with Crippen LogP contribution >= 0.6 is 0 Å². The summed E-state index contributed by atoms with van der Waals surface area (Å²) >= 11 is 0. The zero-order chi connectivity index (χ0) is 14.3. The van der Waals surface area contributed by atoms with Gasteiger partial charge in [-0.3, -0.25) is 9.36 Å². The first kappa shape index (κ1) is 13.4. The van der Waals surface area contributed by atoms with Gasteiger partial charge in [0, 0.05) is 24.5 Å². The Balaban J connectivity index is 2.17. The van der Waals surface area contributed by atoms with Crippen LogP contribution in [0.5, 0.6) is 0 Å². The number of hydrogen-bond acceptors (Lipinski definition) is 3. The summed E-state index contributed by atoms with van der Waals surface area (Å²) in [6.45, 7) is 1.73. The van der Waals surface area contributed by atoms with Crippen molar-refractivity contribution in [3.05, 3.63) is 27.7 Å². The fourth-order valence-corrected chi connectivity index (χ4v) is 3.14. The summed E-state index contributed by atoms with van der Waals surface area (Å²) in [5.74, 6) is 0. The van der Waals surface area contributed by atoms with E-state index in [1.165, 1.54) is 17.4 Å². The second kappa shape index (κ2) is 5.05. The maximum absolute atomic E-state index is 12.5. The van der Waals surface area contributed by atoms with Gasteiger partial charge in [0.1, 0.15) is 5.65 Å². The average molecular weight is 274 g/mol. The number of aromatic nitrogens is 3. The van der Waals surface area contributed by atoms with E-state index in [9.17, 15) is 4.79 Å². The van der Waals surface area contributed by atoms with E-state index in [2.05, 4.69) is 10.00 Å². The zero-order valence-electron chi connectivity index (χ0n) is 12.5. The van der Waals surface area contributed by atoms with E-state index in [0.717, 1.165) is 43.6 Å². The van der Waals surface area contributed by atoms with Crippen LogP contribution in [0.1, 0.15) is 24.0 Å². The van der Waals surface area contributed by atoms with Gasteiger partial charge < -0.3 is 4.90 Å². The van der Waals surface area contributed by atoms with Crippen molar-refractivity contribution in [1.82, 2.24) is 19.2 Å². The Bertz CT molecular complexity index is 696. The largest absolute Gasteiger partial charge is 0.308 e. The molecule has 0 spiro atoms. The SMILES string of the molecule is CN(C)CCn1ncc2c3c(c(=O)n(C)c21)CCCC3. The van der Waals surface area contributed by atoms with Gasteiger partial charge in [-0.1, -0.05) is 0 Å². The van der Waals surface area contributed by atoms with E-state index in [1.54, 1.807) is 4.57 Å². The highest BCUT2D eigenvalue weighted by atomic mass is 16.1. The standard InChI is InChI=1S/C15H22N4O/c1-17(2)8-9-19-14-13(10-16-19)11-6-4-5-7-12(11)15(20)18(14)3/h10H,4-9H2,1-3H3. The highest BCUT2D eigenvalue weighted by molar-refractivity contribution is 5.80. The van der Waals surface area contributed by atoms with Crippen LogP contribution in [0.2, 0.25) is 0 Å². The third-order valence-electron chi connectivity index (χ3n) is 4.24. The van der Waals surface area contributed by atoms with Gasteiger partial charge in [0.2, 0.25) is 0 Å². The van der Waals surface area contributed by atoms with Gasteiger partial charge in [-0.05, 0) is 45.3 Å². The van der Waals surface area contributed by atoms with Gasteiger partial charge in [-0.15, -0.1) is 0 Å². The van der Waals surface area contributed by atoms with Crippen molar-refractivity contribution in [2.24, 2.45) is 7.05 Å². The predicted molar refractivity (Wildman–Crippen MR) is 80.2 cm³/mol. The number of nitrogens with zero attached hydrogens (tertiary/aromatic N) is 4. The number of hydrogen-bond donors (Lipinski definition) is 0. The summed E-state index contributed by atoms with van der Waals surface area (Å²) in [5.41, 5.74) is 3.39. The molecule has 1 aliphatic carbocycles. The monoisotopic (exact) mass is 274 g/mol. The first-order valence-electron chi connectivity index (χ1n) is 7.30. The molecular formula is C15H22N4O. The van der Waals surface area contributed by atoms with Crippen LogP contribution in [0.4, 0.5) is 0 Å². The second-order valence-electron chi connectivity index (χ2n) is 5.94. The highest BCUT2D eigenvalue weighted by Gasteiger charge is 2.20. The Morgan fingerprint density at radius 2 is 1.95 bits per heavy atom. The molecule has 2 aromatic rings. The van der Waals surface area contributed by atoms with Gasteiger partial charge in [0.05, 0.1) is 12.7 Å². The van der Waals surface area contributed by atoms with E-state index in [-0.39, 0.29) is 5.56 Å². The molecule has 3 rings (SSSR count). The van der Waals surface area contributed by atoms with E-state index >= 15 is 0 Å². The molecule has 0 fully saturated rings. The first-order chi connectivity index (χ1) is 9.59. The first-order valence-corrected chi connectivity index (χ1v) is 7.30. The molecule has 0 amide bonds. The molecule has 0 unspecified atom stereocenters. The number of fused-ring (bicyclic) bond motifs is 3. The molecule has 0 saturated carbocycles. The molecule has 0 aliphatic heterocycles. The van der Waals surface area contributed by atoms with Gasteiger partial charge in [0.15, 0.2) is 0 Å². The molecule has 0 aromatic carbocycles. The Hall–Kier alpha value is -1.62. The minimum Gasteiger partial charge on any atom is -0.308 e. The minimum absolute atomic E-state index is 0.166. The van der Waals surface area contributed by atoms with Crippen molar-refractivity contribution >= 4 is 11.0 Å². The van der Waals surface area contributed by atoms with Gasteiger partial charge >= 0.3 is 0 Å². The Kier molecular flexibility index (Phi) is 3.38. The highest BCUT2D eigenvalue weighted by Crippen LogP contribution is 2.26. The van der Waals surface area contributed by atoms with Gasteiger partial charge in [-0.2, -0.15) is 5.10 Å². The molecule has 1 aliphatic rings. The van der Waals surface area contributed by atoms with Gasteiger partial charge in [0.25, 0.3) is 5.56 Å². The van der Waals surface area contributed by atoms with Crippen LogP contribution in [0, 0.1) is 0 Å². The van der Waals surface area contributed by atoms with Crippen molar-refractivity contribution in [1.29, 1.82) is 0 Å². The van der Waals surface area contributed by atoms with Crippen LogP contribution < -0.4 is 5.56 Å². The topological polar surface area (TPSA) is 43.1 Å². The molecule has 0 saturated heterocycles. The molecule has 5 nitrogen and oxygen atoms in total. The van der Waals surface area contributed by atoms with Gasteiger partial charge in [-0.25, -0.2) is 4.68 Å². The smallest absolute Gasteiger partial charge is 0.255 e. The molecule has 0 atom stereocenters. The molecular weight excluding hydrogens is 252 g/mol. The molecule has 20 heavy (non-hydrogen) atoms. The maximum atomic E-state index is 12.5. The summed E-state index contributed by atoms with van der Waals surface area (Å²) in [6.07, 6.45) is 6.18. The van der Waals surface area contributed by atoms with Crippen molar-refractivity contribution in [3.8, 4) is 0 Å². The van der Waals surface area contributed by atoms with Crippen molar-refractivity contribution in [2.75, 3.05) is 20.6 Å². The molecule has 2 aromatic heterocycles. The number of pyridine rings is 1. The van der Waals surface area contributed by atoms with Crippen molar-refractivity contribution in [2.45, 2.75) is 32.2 Å². The van der Waals surface area contributed by atoms with Crippen molar-refractivity contribution in [3.63, 3.8) is 0 Å². The fourth-order valence-electron chi connectivity index (χ4n) is 3.14. The molecule has 108 valence electrons. The third kappa shape index (κ3) is 2.06. The van der Waals surface area contributed by atoms with Crippen molar-refractivity contribution < 1.29 is 0 Å². The predicted octanol–water partition coefficient (Wildman–Crippen LogP) is 1.18. The molecule has 2 heterocycles. The summed E-state index contributed by atoms with van der Waals surface area (Å²) in [6, 6.07) is 0. The lowest BCUT2D eigenvalue weighted by Gasteiger charge is -2.18. The number of aryl methyl sites for hydroxylation is 2. The Morgan fingerprint density at radius 1 is 1.25 bits per heavy atom. The summed E-state index contributed by atoms with van der Waals surface area (Å²) in [5, 5.41) is 5.67. The summed E-state index contributed by atoms with van der Waals surface area (Å²) in [7, 11) is 5.96. The van der Waals surface area contributed by atoms with Crippen LogP contribution in [0.3, 0.4) is 0 Å². The quantitative estimate of drug-likeness (QED) is 0.844. The molecule has 5 heteroatoms. The molecule has 0 bridgehead atoms. The van der Waals surface area contributed by atoms with E-state index in [4.69, 9.17) is 0 Å². The number of rotatable bonds is 3. The number of likely N-dealkylation sites (N-methyl/N-ethyl adjacent to an activating group) is 1. The normalized spacial score (nSPS) is 15.0. The van der Waals surface area contributed by atoms with E-state index in [0.29, 0.717) is 0 Å². The fraction of sp³-hybridized carbons (Fsp3) is 0.600. The zero-order valence-corrected chi connectivity index (χ0v) is 12.5. The summed E-state index contributed by atoms with van der Waals surface area (Å²) in [4.78, 5) is 14.7. The van der Waals surface area contributed by atoms with Crippen LogP contribution in [-0.4, -0.2) is 39.9 Å². The Labute approximate surface area is 118 Å². The van der Waals surface area contributed by atoms with E-state index < -0.39 is 0 Å². The minimum atomic E-state index is 0.166. The maximum Gasteiger partial charge on any atom is 0.255 e. The van der Waals surface area contributed by atoms with E-state index in [1.807, 2.05) is 32.0 Å². The summed E-state index contributed by atoms with van der Waals surface area (Å²) < 4.78 is 3.74. The van der Waals surface area contributed by atoms with Crippen LogP contribution in [0.25, 0.3) is 11.0 Å². The molecule has 0 radical (unpaired) electrons. The average Bonchev–Trinajstić information content (AvgIpc) is 2.86. The van der Waals surface area contributed by atoms with Crippen LogP contribution in [0.15, 0.2) is 11.0 Å². The second-order valence-corrected chi connectivity index (χ2v) is 5.94.